The van der Waals surface area contributed by atoms with Crippen LogP contribution >= 0.6 is 11.3 Å². The average Bonchev–Trinajstić information content (AvgIpc) is 2.87. The summed E-state index contributed by atoms with van der Waals surface area (Å²) in [7, 11) is 1.78. The molecule has 0 bridgehead atoms. The fraction of sp³-hybridized carbons (Fsp3) is 0.727. The normalized spacial score (nSPS) is 23.8. The Morgan fingerprint density at radius 1 is 1.75 bits per heavy atom. The fourth-order valence-electron chi connectivity index (χ4n) is 1.97. The van der Waals surface area contributed by atoms with Crippen LogP contribution in [0.1, 0.15) is 30.1 Å². The van der Waals surface area contributed by atoms with E-state index in [1.165, 1.54) is 0 Å². The van der Waals surface area contributed by atoms with Gasteiger partial charge in [-0.15, -0.1) is 11.3 Å². The maximum atomic E-state index is 5.79. The number of hydrogen-bond donors (Lipinski definition) is 1. The van der Waals surface area contributed by atoms with Gasteiger partial charge in [-0.2, -0.15) is 0 Å². The van der Waals surface area contributed by atoms with Crippen molar-refractivity contribution < 1.29 is 4.74 Å². The standard InChI is InChI=1S/C11H19N3OS/c1-8(12)11-13-9(7-16-11)5-14-4-3-10(6-14)15-2/h7-8,10H,3-6,12H2,1-2H3. The molecular formula is C11H19N3OS. The maximum Gasteiger partial charge on any atom is 0.109 e. The first-order valence-electron chi connectivity index (χ1n) is 5.64. The van der Waals surface area contributed by atoms with Crippen LogP contribution in [0.25, 0.3) is 0 Å². The van der Waals surface area contributed by atoms with E-state index >= 15 is 0 Å². The predicted octanol–water partition coefficient (Wildman–Crippen LogP) is 1.38. The lowest BCUT2D eigenvalue weighted by Gasteiger charge is -2.13. The molecule has 0 radical (unpaired) electrons. The molecule has 90 valence electrons. The highest BCUT2D eigenvalue weighted by Crippen LogP contribution is 2.19. The van der Waals surface area contributed by atoms with E-state index in [0.717, 1.165) is 36.8 Å². The number of thiazole rings is 1. The molecule has 1 aliphatic heterocycles. The molecule has 2 rings (SSSR count). The summed E-state index contributed by atoms with van der Waals surface area (Å²) in [5.41, 5.74) is 6.93. The molecule has 4 nitrogen and oxygen atoms in total. The molecule has 1 aliphatic rings. The lowest BCUT2D eigenvalue weighted by molar-refractivity contribution is 0.107. The van der Waals surface area contributed by atoms with Crippen LogP contribution in [-0.2, 0) is 11.3 Å². The van der Waals surface area contributed by atoms with Crippen molar-refractivity contribution in [3.63, 3.8) is 0 Å². The second-order valence-electron chi connectivity index (χ2n) is 4.35. The van der Waals surface area contributed by atoms with Gasteiger partial charge in [-0.3, -0.25) is 4.90 Å². The summed E-state index contributed by atoms with van der Waals surface area (Å²) in [5.74, 6) is 0. The van der Waals surface area contributed by atoms with Gasteiger partial charge in [0.25, 0.3) is 0 Å². The third-order valence-corrected chi connectivity index (χ3v) is 4.00. The molecule has 2 unspecified atom stereocenters. The van der Waals surface area contributed by atoms with Gasteiger partial charge in [-0.1, -0.05) is 0 Å². The minimum atomic E-state index is 0.0454. The second-order valence-corrected chi connectivity index (χ2v) is 5.24. The molecule has 2 heterocycles. The number of ether oxygens (including phenoxy) is 1. The molecule has 5 heteroatoms. The Morgan fingerprint density at radius 3 is 3.12 bits per heavy atom. The van der Waals surface area contributed by atoms with E-state index in [1.54, 1.807) is 18.4 Å². The first-order valence-corrected chi connectivity index (χ1v) is 6.52. The smallest absolute Gasteiger partial charge is 0.109 e. The number of likely N-dealkylation sites (tertiary alicyclic amines) is 1. The van der Waals surface area contributed by atoms with Gasteiger partial charge < -0.3 is 10.5 Å². The number of rotatable bonds is 4. The van der Waals surface area contributed by atoms with E-state index in [-0.39, 0.29) is 6.04 Å². The molecule has 0 amide bonds. The van der Waals surface area contributed by atoms with Crippen LogP contribution in [-0.4, -0.2) is 36.2 Å². The van der Waals surface area contributed by atoms with E-state index in [4.69, 9.17) is 10.5 Å². The predicted molar refractivity (Wildman–Crippen MR) is 65.4 cm³/mol. The lowest BCUT2D eigenvalue weighted by Crippen LogP contribution is -2.22. The Bertz CT molecular complexity index is 340. The zero-order valence-electron chi connectivity index (χ0n) is 9.85. The Kier molecular flexibility index (Phi) is 3.91. The van der Waals surface area contributed by atoms with Crippen LogP contribution in [0, 0.1) is 0 Å². The highest BCUT2D eigenvalue weighted by Gasteiger charge is 2.22. The molecule has 2 N–H and O–H groups in total. The lowest BCUT2D eigenvalue weighted by atomic mass is 10.3. The van der Waals surface area contributed by atoms with Gasteiger partial charge >= 0.3 is 0 Å². The van der Waals surface area contributed by atoms with Crippen LogP contribution in [0.2, 0.25) is 0 Å². The summed E-state index contributed by atoms with van der Waals surface area (Å²) in [5, 5.41) is 3.14. The van der Waals surface area contributed by atoms with Gasteiger partial charge in [-0.25, -0.2) is 4.98 Å². The monoisotopic (exact) mass is 241 g/mol. The van der Waals surface area contributed by atoms with Crippen molar-refractivity contribution in [3.8, 4) is 0 Å². The summed E-state index contributed by atoms with van der Waals surface area (Å²) >= 11 is 1.65. The van der Waals surface area contributed by atoms with Gasteiger partial charge in [-0.05, 0) is 13.3 Å². The molecule has 0 saturated carbocycles. The highest BCUT2D eigenvalue weighted by atomic mass is 32.1. The Hall–Kier alpha value is -0.490. The minimum Gasteiger partial charge on any atom is -0.380 e. The van der Waals surface area contributed by atoms with Crippen LogP contribution < -0.4 is 5.73 Å². The third kappa shape index (κ3) is 2.79. The molecule has 1 fully saturated rings. The number of nitrogens with zero attached hydrogens (tertiary/aromatic N) is 2. The molecule has 0 aliphatic carbocycles. The molecule has 1 aromatic rings. The van der Waals surface area contributed by atoms with Gasteiger partial charge in [0.2, 0.25) is 0 Å². The van der Waals surface area contributed by atoms with Crippen molar-refractivity contribution in [2.75, 3.05) is 20.2 Å². The molecule has 16 heavy (non-hydrogen) atoms. The summed E-state index contributed by atoms with van der Waals surface area (Å²) < 4.78 is 5.34. The van der Waals surface area contributed by atoms with Gasteiger partial charge in [0, 0.05) is 32.1 Å². The van der Waals surface area contributed by atoms with E-state index in [9.17, 15) is 0 Å². The van der Waals surface area contributed by atoms with Gasteiger partial charge in [0.05, 0.1) is 17.8 Å². The summed E-state index contributed by atoms with van der Waals surface area (Å²) in [4.78, 5) is 6.92. The van der Waals surface area contributed by atoms with E-state index in [2.05, 4.69) is 15.3 Å². The van der Waals surface area contributed by atoms with Crippen LogP contribution in [0.15, 0.2) is 5.38 Å². The molecular weight excluding hydrogens is 222 g/mol. The third-order valence-electron chi connectivity index (χ3n) is 2.91. The van der Waals surface area contributed by atoms with Crippen LogP contribution in [0.4, 0.5) is 0 Å². The summed E-state index contributed by atoms with van der Waals surface area (Å²) in [6, 6.07) is 0.0454. The highest BCUT2D eigenvalue weighted by molar-refractivity contribution is 7.09. The van der Waals surface area contributed by atoms with Crippen LogP contribution in [0.3, 0.4) is 0 Å². The largest absolute Gasteiger partial charge is 0.380 e. The molecule has 1 aromatic heterocycles. The zero-order chi connectivity index (χ0) is 11.5. The SMILES string of the molecule is COC1CCN(Cc2csc(C(C)N)n2)C1. The van der Waals surface area contributed by atoms with Gasteiger partial charge in [0.1, 0.15) is 5.01 Å². The minimum absolute atomic E-state index is 0.0454. The molecule has 2 atom stereocenters. The maximum absolute atomic E-state index is 5.79. The second kappa shape index (κ2) is 5.23. The number of nitrogens with two attached hydrogens (primary N) is 1. The van der Waals surface area contributed by atoms with Crippen molar-refractivity contribution in [3.05, 3.63) is 16.1 Å². The summed E-state index contributed by atoms with van der Waals surface area (Å²) in [6.45, 7) is 5.01. The average molecular weight is 241 g/mol. The molecule has 0 aromatic carbocycles. The quantitative estimate of drug-likeness (QED) is 0.865. The van der Waals surface area contributed by atoms with Crippen molar-refractivity contribution in [2.24, 2.45) is 5.73 Å². The van der Waals surface area contributed by atoms with Crippen molar-refractivity contribution in [1.82, 2.24) is 9.88 Å². The Morgan fingerprint density at radius 2 is 2.56 bits per heavy atom. The van der Waals surface area contributed by atoms with E-state index in [1.807, 2.05) is 6.92 Å². The first kappa shape index (κ1) is 12.0. The Balaban J connectivity index is 1.89. The number of methoxy groups -OCH3 is 1. The van der Waals surface area contributed by atoms with E-state index < -0.39 is 0 Å². The fourth-order valence-corrected chi connectivity index (χ4v) is 2.74. The number of hydrogen-bond acceptors (Lipinski definition) is 5. The van der Waals surface area contributed by atoms with E-state index in [0.29, 0.717) is 6.10 Å². The topological polar surface area (TPSA) is 51.4 Å². The van der Waals surface area contributed by atoms with Gasteiger partial charge in [0.15, 0.2) is 0 Å². The van der Waals surface area contributed by atoms with Crippen molar-refractivity contribution >= 4 is 11.3 Å². The molecule has 0 spiro atoms. The van der Waals surface area contributed by atoms with Crippen molar-refractivity contribution in [1.29, 1.82) is 0 Å². The molecule has 1 saturated heterocycles. The summed E-state index contributed by atoms with van der Waals surface area (Å²) in [6.07, 6.45) is 1.52. The first-order chi connectivity index (χ1) is 7.69. The Labute approximate surface area is 100 Å². The van der Waals surface area contributed by atoms with Crippen molar-refractivity contribution in [2.45, 2.75) is 32.0 Å². The zero-order valence-corrected chi connectivity index (χ0v) is 10.7. The van der Waals surface area contributed by atoms with Crippen LogP contribution in [0.5, 0.6) is 0 Å². The number of aromatic nitrogens is 1.